The number of thioether (sulfide) groups is 1. The standard InChI is InChI=1S/C12H20N4O3S/c1-3-20-6-8(2)15-12(19)16-10(11(17)18)4-9-5-13-7-14-9/h5,7-8,10H,3-4,6H2,1-2H3,(H,13,14)(H,17,18)(H2,15,16,19)/t8?,10-/m0/s1. The van der Waals surface area contributed by atoms with E-state index in [0.29, 0.717) is 5.69 Å². The third-order valence-corrected chi connectivity index (χ3v) is 3.68. The monoisotopic (exact) mass is 300 g/mol. The van der Waals surface area contributed by atoms with Crippen molar-refractivity contribution in [2.45, 2.75) is 32.4 Å². The molecule has 0 spiro atoms. The molecule has 8 heteroatoms. The number of carboxylic acids is 1. The minimum absolute atomic E-state index is 0.0125. The van der Waals surface area contributed by atoms with Gasteiger partial charge in [-0.1, -0.05) is 6.92 Å². The SMILES string of the molecule is CCSCC(C)NC(=O)N[C@@H](Cc1cnc[nH]1)C(=O)O. The second-order valence-corrected chi connectivity index (χ2v) is 5.67. The molecule has 0 aliphatic carbocycles. The van der Waals surface area contributed by atoms with Gasteiger partial charge in [0, 0.05) is 30.1 Å². The van der Waals surface area contributed by atoms with Crippen molar-refractivity contribution in [1.29, 1.82) is 0 Å². The fourth-order valence-electron chi connectivity index (χ4n) is 1.58. The fourth-order valence-corrected chi connectivity index (χ4v) is 2.25. The van der Waals surface area contributed by atoms with Gasteiger partial charge in [-0.25, -0.2) is 14.6 Å². The number of nitrogens with zero attached hydrogens (tertiary/aromatic N) is 1. The number of aromatic amines is 1. The highest BCUT2D eigenvalue weighted by atomic mass is 32.2. The van der Waals surface area contributed by atoms with Crippen molar-refractivity contribution in [1.82, 2.24) is 20.6 Å². The molecule has 0 aliphatic heterocycles. The molecule has 1 aromatic heterocycles. The summed E-state index contributed by atoms with van der Waals surface area (Å²) < 4.78 is 0. The largest absolute Gasteiger partial charge is 0.480 e. The van der Waals surface area contributed by atoms with Gasteiger partial charge in [0.1, 0.15) is 6.04 Å². The van der Waals surface area contributed by atoms with Crippen molar-refractivity contribution in [2.75, 3.05) is 11.5 Å². The highest BCUT2D eigenvalue weighted by Gasteiger charge is 2.21. The third kappa shape index (κ3) is 5.96. The Balaban J connectivity index is 2.45. The van der Waals surface area contributed by atoms with E-state index in [9.17, 15) is 9.59 Å². The average Bonchev–Trinajstić information content (AvgIpc) is 2.88. The molecule has 1 heterocycles. The molecule has 0 saturated heterocycles. The van der Waals surface area contributed by atoms with Gasteiger partial charge in [-0.15, -0.1) is 0 Å². The molecule has 0 aromatic carbocycles. The Morgan fingerprint density at radius 1 is 1.50 bits per heavy atom. The molecule has 1 unspecified atom stereocenters. The molecule has 0 radical (unpaired) electrons. The minimum Gasteiger partial charge on any atom is -0.480 e. The van der Waals surface area contributed by atoms with Crippen LogP contribution in [0.3, 0.4) is 0 Å². The van der Waals surface area contributed by atoms with Crippen LogP contribution in [0.15, 0.2) is 12.5 Å². The lowest BCUT2D eigenvalue weighted by Gasteiger charge is -2.17. The predicted molar refractivity (Wildman–Crippen MR) is 77.8 cm³/mol. The summed E-state index contributed by atoms with van der Waals surface area (Å²) in [4.78, 5) is 29.5. The van der Waals surface area contributed by atoms with Crippen LogP contribution in [0.4, 0.5) is 4.79 Å². The maximum absolute atomic E-state index is 11.7. The second-order valence-electron chi connectivity index (χ2n) is 4.35. The number of urea groups is 1. The van der Waals surface area contributed by atoms with Crippen LogP contribution >= 0.6 is 11.8 Å². The number of aliphatic carboxylic acids is 1. The van der Waals surface area contributed by atoms with E-state index < -0.39 is 18.0 Å². The number of carbonyl (C=O) groups is 2. The predicted octanol–water partition coefficient (Wildman–Crippen LogP) is 0.846. The van der Waals surface area contributed by atoms with Gasteiger partial charge >= 0.3 is 12.0 Å². The Morgan fingerprint density at radius 2 is 2.25 bits per heavy atom. The number of H-pyrrole nitrogens is 1. The summed E-state index contributed by atoms with van der Waals surface area (Å²) in [6.45, 7) is 3.93. The smallest absolute Gasteiger partial charge is 0.326 e. The zero-order valence-corrected chi connectivity index (χ0v) is 12.4. The number of hydrogen-bond donors (Lipinski definition) is 4. The maximum atomic E-state index is 11.7. The lowest BCUT2D eigenvalue weighted by molar-refractivity contribution is -0.139. The first-order valence-corrected chi connectivity index (χ1v) is 7.53. The van der Waals surface area contributed by atoms with E-state index in [1.807, 2.05) is 13.8 Å². The van der Waals surface area contributed by atoms with Crippen LogP contribution < -0.4 is 10.6 Å². The summed E-state index contributed by atoms with van der Waals surface area (Å²) in [6, 6.07) is -1.47. The lowest BCUT2D eigenvalue weighted by Crippen LogP contribution is -2.49. The number of rotatable bonds is 8. The summed E-state index contributed by atoms with van der Waals surface area (Å²) in [5.41, 5.74) is 0.660. The van der Waals surface area contributed by atoms with Crippen LogP contribution in [0.25, 0.3) is 0 Å². The maximum Gasteiger partial charge on any atom is 0.326 e. The van der Waals surface area contributed by atoms with Crippen molar-refractivity contribution in [3.8, 4) is 0 Å². The zero-order valence-electron chi connectivity index (χ0n) is 11.5. The van der Waals surface area contributed by atoms with Crippen molar-refractivity contribution >= 4 is 23.8 Å². The molecule has 0 aliphatic rings. The summed E-state index contributed by atoms with van der Waals surface area (Å²) in [5, 5.41) is 14.3. The molecule has 1 aromatic rings. The quantitative estimate of drug-likeness (QED) is 0.569. The summed E-state index contributed by atoms with van der Waals surface area (Å²) in [7, 11) is 0. The van der Waals surface area contributed by atoms with Gasteiger partial charge in [-0.05, 0) is 12.7 Å². The Kier molecular flexibility index (Phi) is 6.92. The van der Waals surface area contributed by atoms with Crippen LogP contribution in [0, 0.1) is 0 Å². The van der Waals surface area contributed by atoms with Gasteiger partial charge < -0.3 is 20.7 Å². The molecule has 20 heavy (non-hydrogen) atoms. The first-order chi connectivity index (χ1) is 9.52. The van der Waals surface area contributed by atoms with E-state index >= 15 is 0 Å². The highest BCUT2D eigenvalue weighted by molar-refractivity contribution is 7.99. The molecule has 0 fully saturated rings. The van der Waals surface area contributed by atoms with Crippen LogP contribution in [0.2, 0.25) is 0 Å². The van der Waals surface area contributed by atoms with Gasteiger partial charge in [-0.2, -0.15) is 11.8 Å². The van der Waals surface area contributed by atoms with E-state index in [0.717, 1.165) is 11.5 Å². The van der Waals surface area contributed by atoms with Crippen molar-refractivity contribution in [3.05, 3.63) is 18.2 Å². The van der Waals surface area contributed by atoms with Crippen molar-refractivity contribution < 1.29 is 14.7 Å². The first kappa shape index (κ1) is 16.4. The van der Waals surface area contributed by atoms with Gasteiger partial charge in [0.25, 0.3) is 0 Å². The molecule has 1 rings (SSSR count). The molecule has 0 bridgehead atoms. The van der Waals surface area contributed by atoms with E-state index in [4.69, 9.17) is 5.11 Å². The van der Waals surface area contributed by atoms with Gasteiger partial charge in [-0.3, -0.25) is 0 Å². The van der Waals surface area contributed by atoms with Crippen LogP contribution in [-0.4, -0.2) is 50.7 Å². The molecule has 0 saturated carbocycles. The second kappa shape index (κ2) is 8.47. The normalized spacial score (nSPS) is 13.5. The molecule has 4 N–H and O–H groups in total. The van der Waals surface area contributed by atoms with Crippen molar-refractivity contribution in [2.24, 2.45) is 0 Å². The zero-order chi connectivity index (χ0) is 15.0. The average molecular weight is 300 g/mol. The number of imidazole rings is 1. The first-order valence-electron chi connectivity index (χ1n) is 6.37. The van der Waals surface area contributed by atoms with Gasteiger partial charge in [0.15, 0.2) is 0 Å². The van der Waals surface area contributed by atoms with Gasteiger partial charge in [0.2, 0.25) is 0 Å². The van der Waals surface area contributed by atoms with Crippen LogP contribution in [0.5, 0.6) is 0 Å². The van der Waals surface area contributed by atoms with E-state index in [1.165, 1.54) is 12.5 Å². The topological polar surface area (TPSA) is 107 Å². The molecule has 112 valence electrons. The van der Waals surface area contributed by atoms with E-state index in [-0.39, 0.29) is 12.5 Å². The Hall–Kier alpha value is -1.70. The van der Waals surface area contributed by atoms with Crippen molar-refractivity contribution in [3.63, 3.8) is 0 Å². The lowest BCUT2D eigenvalue weighted by atomic mass is 10.2. The van der Waals surface area contributed by atoms with Crippen LogP contribution in [0.1, 0.15) is 19.5 Å². The molecule has 2 amide bonds. The Bertz CT molecular complexity index is 424. The van der Waals surface area contributed by atoms with E-state index in [1.54, 1.807) is 11.8 Å². The van der Waals surface area contributed by atoms with Gasteiger partial charge in [0.05, 0.1) is 6.33 Å². The highest BCUT2D eigenvalue weighted by Crippen LogP contribution is 2.02. The number of nitrogens with one attached hydrogen (secondary N) is 3. The summed E-state index contributed by atoms with van der Waals surface area (Å²) >= 11 is 1.72. The van der Waals surface area contributed by atoms with Crippen LogP contribution in [-0.2, 0) is 11.2 Å². The third-order valence-electron chi connectivity index (χ3n) is 2.53. The minimum atomic E-state index is -1.08. The fraction of sp³-hybridized carbons (Fsp3) is 0.583. The number of carboxylic acid groups (broad SMARTS) is 1. The Morgan fingerprint density at radius 3 is 2.80 bits per heavy atom. The number of carbonyl (C=O) groups excluding carboxylic acids is 1. The summed E-state index contributed by atoms with van der Waals surface area (Å²) in [6.07, 6.45) is 3.18. The number of hydrogen-bond acceptors (Lipinski definition) is 4. The molecular weight excluding hydrogens is 280 g/mol. The number of aromatic nitrogens is 2. The molecular formula is C12H20N4O3S. The Labute approximate surface area is 121 Å². The molecule has 2 atom stereocenters. The van der Waals surface area contributed by atoms with E-state index in [2.05, 4.69) is 20.6 Å². The molecule has 7 nitrogen and oxygen atoms in total. The summed E-state index contributed by atoms with van der Waals surface area (Å²) in [5.74, 6) is 0.693. The number of amides is 2.